The third kappa shape index (κ3) is 4.43. The van der Waals surface area contributed by atoms with Gasteiger partial charge in [-0.2, -0.15) is 0 Å². The van der Waals surface area contributed by atoms with E-state index in [-0.39, 0.29) is 11.9 Å². The number of methoxy groups -OCH3 is 2. The molecule has 1 N–H and O–H groups in total. The lowest BCUT2D eigenvalue weighted by molar-refractivity contribution is 0.0941. The summed E-state index contributed by atoms with van der Waals surface area (Å²) in [6.07, 6.45) is 1.71. The largest absolute Gasteiger partial charge is 0.493 e. The molecule has 0 fully saturated rings. The number of rotatable bonds is 6. The minimum absolute atomic E-state index is 0.199. The molecule has 0 saturated heterocycles. The molecule has 0 bridgehead atoms. The normalized spacial score (nSPS) is 11.8. The van der Waals surface area contributed by atoms with Crippen molar-refractivity contribution in [1.82, 2.24) is 15.3 Å². The van der Waals surface area contributed by atoms with Crippen LogP contribution in [-0.2, 0) is 0 Å². The van der Waals surface area contributed by atoms with Crippen molar-refractivity contribution in [2.24, 2.45) is 0 Å². The van der Waals surface area contributed by atoms with E-state index in [1.807, 2.05) is 61.5 Å². The summed E-state index contributed by atoms with van der Waals surface area (Å²) in [6, 6.07) is 18.5. The number of aromatic nitrogens is 2. The van der Waals surface area contributed by atoms with Crippen molar-refractivity contribution in [2.75, 3.05) is 14.2 Å². The van der Waals surface area contributed by atoms with E-state index >= 15 is 0 Å². The summed E-state index contributed by atoms with van der Waals surface area (Å²) in [7, 11) is 3.18. The molecular formula is C25H22BrN3O3. The molecule has 0 saturated carbocycles. The molecule has 2 aromatic heterocycles. The van der Waals surface area contributed by atoms with Crippen LogP contribution >= 0.6 is 15.9 Å². The Morgan fingerprint density at radius 1 is 0.969 bits per heavy atom. The van der Waals surface area contributed by atoms with Crippen molar-refractivity contribution >= 4 is 32.7 Å². The maximum absolute atomic E-state index is 13.4. The standard InChI is InChI=1S/C25H22BrN3O3/c1-15(16-7-10-23(31-2)24(12-16)32-3)28-25(30)19-14-22(21-6-4-5-11-27-21)29-20-9-8-17(26)13-18(19)20/h4-15H,1-3H3,(H,28,30)/t15-/m0/s1. The van der Waals surface area contributed by atoms with E-state index < -0.39 is 0 Å². The first kappa shape index (κ1) is 21.8. The molecule has 162 valence electrons. The number of amides is 1. The topological polar surface area (TPSA) is 73.3 Å². The molecule has 0 aliphatic heterocycles. The second-order valence-electron chi connectivity index (χ2n) is 7.24. The Morgan fingerprint density at radius 3 is 2.50 bits per heavy atom. The van der Waals surface area contributed by atoms with Crippen LogP contribution in [0, 0.1) is 0 Å². The first-order valence-electron chi connectivity index (χ1n) is 10.0. The summed E-state index contributed by atoms with van der Waals surface area (Å²) in [5.41, 5.74) is 3.51. The molecule has 1 atom stereocenters. The molecule has 2 heterocycles. The van der Waals surface area contributed by atoms with Crippen LogP contribution in [0.4, 0.5) is 0 Å². The number of hydrogen-bond donors (Lipinski definition) is 1. The van der Waals surface area contributed by atoms with E-state index in [2.05, 4.69) is 26.2 Å². The van der Waals surface area contributed by atoms with E-state index in [4.69, 9.17) is 14.5 Å². The molecule has 0 aliphatic carbocycles. The maximum Gasteiger partial charge on any atom is 0.252 e. The molecule has 0 unspecified atom stereocenters. The Hall–Kier alpha value is -3.45. The third-order valence-corrected chi connectivity index (χ3v) is 5.69. The quantitative estimate of drug-likeness (QED) is 0.381. The van der Waals surface area contributed by atoms with Crippen molar-refractivity contribution in [3.8, 4) is 22.9 Å². The number of nitrogens with zero attached hydrogens (tertiary/aromatic N) is 2. The van der Waals surface area contributed by atoms with Gasteiger partial charge in [0.1, 0.15) is 0 Å². The number of halogens is 1. The number of hydrogen-bond acceptors (Lipinski definition) is 5. The van der Waals surface area contributed by atoms with E-state index in [0.717, 1.165) is 20.9 Å². The van der Waals surface area contributed by atoms with Crippen LogP contribution in [0.15, 0.2) is 71.3 Å². The number of fused-ring (bicyclic) bond motifs is 1. The van der Waals surface area contributed by atoms with Gasteiger partial charge in [0.05, 0.1) is 42.7 Å². The van der Waals surface area contributed by atoms with Gasteiger partial charge in [0.25, 0.3) is 5.91 Å². The zero-order valence-electron chi connectivity index (χ0n) is 17.9. The molecule has 1 amide bonds. The minimum atomic E-state index is -0.254. The monoisotopic (exact) mass is 491 g/mol. The predicted molar refractivity (Wildman–Crippen MR) is 128 cm³/mol. The molecule has 2 aromatic carbocycles. The zero-order valence-corrected chi connectivity index (χ0v) is 19.5. The Balaban J connectivity index is 1.72. The molecule has 0 radical (unpaired) electrons. The number of ether oxygens (including phenoxy) is 2. The summed E-state index contributed by atoms with van der Waals surface area (Å²) in [6.45, 7) is 1.93. The highest BCUT2D eigenvalue weighted by Gasteiger charge is 2.18. The van der Waals surface area contributed by atoms with E-state index in [1.165, 1.54) is 0 Å². The molecule has 4 aromatic rings. The summed E-state index contributed by atoms with van der Waals surface area (Å²) < 4.78 is 11.6. The van der Waals surface area contributed by atoms with E-state index in [9.17, 15) is 4.79 Å². The van der Waals surface area contributed by atoms with Gasteiger partial charge in [0, 0.05) is 16.1 Å². The van der Waals surface area contributed by atoms with Gasteiger partial charge < -0.3 is 14.8 Å². The summed E-state index contributed by atoms with van der Waals surface area (Å²) in [4.78, 5) is 22.5. The number of carbonyl (C=O) groups excluding carboxylic acids is 1. The van der Waals surface area contributed by atoms with E-state index in [1.54, 1.807) is 26.5 Å². The van der Waals surface area contributed by atoms with Crippen molar-refractivity contribution in [1.29, 1.82) is 0 Å². The average Bonchev–Trinajstić information content (AvgIpc) is 2.83. The molecule has 32 heavy (non-hydrogen) atoms. The van der Waals surface area contributed by atoms with Crippen molar-refractivity contribution in [3.05, 3.63) is 82.5 Å². The van der Waals surface area contributed by atoms with Gasteiger partial charge in [0.2, 0.25) is 0 Å². The van der Waals surface area contributed by atoms with Crippen LogP contribution in [0.1, 0.15) is 28.9 Å². The van der Waals surface area contributed by atoms with Crippen LogP contribution in [0.2, 0.25) is 0 Å². The highest BCUT2D eigenvalue weighted by Crippen LogP contribution is 2.31. The second-order valence-corrected chi connectivity index (χ2v) is 8.16. The summed E-state index contributed by atoms with van der Waals surface area (Å²) in [5.74, 6) is 1.05. The Labute approximate surface area is 194 Å². The van der Waals surface area contributed by atoms with Gasteiger partial charge in [-0.25, -0.2) is 4.98 Å². The van der Waals surface area contributed by atoms with Gasteiger partial charge in [-0.3, -0.25) is 9.78 Å². The van der Waals surface area contributed by atoms with Crippen molar-refractivity contribution in [3.63, 3.8) is 0 Å². The van der Waals surface area contributed by atoms with Gasteiger partial charge in [-0.1, -0.05) is 28.1 Å². The minimum Gasteiger partial charge on any atom is -0.493 e. The molecule has 6 nitrogen and oxygen atoms in total. The fourth-order valence-electron chi connectivity index (χ4n) is 3.51. The predicted octanol–water partition coefficient (Wildman–Crippen LogP) is 5.57. The SMILES string of the molecule is COc1ccc([C@H](C)NC(=O)c2cc(-c3ccccn3)nc3ccc(Br)cc23)cc1OC. The highest BCUT2D eigenvalue weighted by molar-refractivity contribution is 9.10. The van der Waals surface area contributed by atoms with Gasteiger partial charge in [0.15, 0.2) is 11.5 Å². The molecule has 7 heteroatoms. The van der Waals surface area contributed by atoms with Crippen LogP contribution in [-0.4, -0.2) is 30.1 Å². The third-order valence-electron chi connectivity index (χ3n) is 5.20. The fraction of sp³-hybridized carbons (Fsp3) is 0.160. The van der Waals surface area contributed by atoms with Gasteiger partial charge in [-0.15, -0.1) is 0 Å². The number of pyridine rings is 2. The number of carbonyl (C=O) groups is 1. The summed E-state index contributed by atoms with van der Waals surface area (Å²) in [5, 5.41) is 3.85. The summed E-state index contributed by atoms with van der Waals surface area (Å²) >= 11 is 3.50. The van der Waals surface area contributed by atoms with Crippen LogP contribution in [0.25, 0.3) is 22.3 Å². The Morgan fingerprint density at radius 2 is 1.78 bits per heavy atom. The van der Waals surface area contributed by atoms with Crippen molar-refractivity contribution in [2.45, 2.75) is 13.0 Å². The first-order chi connectivity index (χ1) is 15.5. The number of benzene rings is 2. The smallest absolute Gasteiger partial charge is 0.252 e. The van der Waals surface area contributed by atoms with Crippen LogP contribution < -0.4 is 14.8 Å². The van der Waals surface area contributed by atoms with Crippen LogP contribution in [0.3, 0.4) is 0 Å². The molecule has 4 rings (SSSR count). The van der Waals surface area contributed by atoms with Gasteiger partial charge in [-0.05, 0) is 61.0 Å². The van der Waals surface area contributed by atoms with E-state index in [0.29, 0.717) is 28.5 Å². The van der Waals surface area contributed by atoms with Gasteiger partial charge >= 0.3 is 0 Å². The van der Waals surface area contributed by atoms with Crippen molar-refractivity contribution < 1.29 is 14.3 Å². The lowest BCUT2D eigenvalue weighted by atomic mass is 10.0. The maximum atomic E-state index is 13.4. The highest BCUT2D eigenvalue weighted by atomic mass is 79.9. The second kappa shape index (κ2) is 9.36. The number of nitrogens with one attached hydrogen (secondary N) is 1. The van der Waals surface area contributed by atoms with Crippen LogP contribution in [0.5, 0.6) is 11.5 Å². The Kier molecular flexibility index (Phi) is 6.37. The first-order valence-corrected chi connectivity index (χ1v) is 10.8. The zero-order chi connectivity index (χ0) is 22.7. The molecular weight excluding hydrogens is 470 g/mol. The fourth-order valence-corrected chi connectivity index (χ4v) is 3.87. The Bertz CT molecular complexity index is 1280. The average molecular weight is 492 g/mol. The molecule has 0 spiro atoms. The lowest BCUT2D eigenvalue weighted by Gasteiger charge is -2.18. The molecule has 0 aliphatic rings. The lowest BCUT2D eigenvalue weighted by Crippen LogP contribution is -2.27.